The highest BCUT2D eigenvalue weighted by Crippen LogP contribution is 2.38. The number of benzene rings is 2. The Labute approximate surface area is 190 Å². The summed E-state index contributed by atoms with van der Waals surface area (Å²) in [7, 11) is -2.26. The zero-order valence-corrected chi connectivity index (χ0v) is 19.3. The van der Waals surface area contributed by atoms with Gasteiger partial charge in [0.2, 0.25) is 0 Å². The van der Waals surface area contributed by atoms with Gasteiger partial charge in [-0.1, -0.05) is 37.5 Å². The SMILES string of the molecule is COc1ccc(S(=O)(=O)N2CCc3ccccc32)cc1C(=O)N1CC[C@@H]2CCCC[C@H]2C1. The fourth-order valence-electron chi connectivity index (χ4n) is 5.66. The van der Waals surface area contributed by atoms with Crippen LogP contribution in [0.2, 0.25) is 0 Å². The summed E-state index contributed by atoms with van der Waals surface area (Å²) < 4.78 is 33.9. The number of hydrogen-bond donors (Lipinski definition) is 0. The van der Waals surface area contributed by atoms with Crippen LogP contribution in [0.4, 0.5) is 5.69 Å². The molecule has 1 amide bonds. The lowest BCUT2D eigenvalue weighted by Crippen LogP contribution is -2.44. The van der Waals surface area contributed by atoms with Gasteiger partial charge in [0.25, 0.3) is 15.9 Å². The third-order valence-electron chi connectivity index (χ3n) is 7.41. The van der Waals surface area contributed by atoms with Gasteiger partial charge in [0.1, 0.15) is 5.75 Å². The topological polar surface area (TPSA) is 66.9 Å². The largest absolute Gasteiger partial charge is 0.496 e. The normalized spacial score (nSPS) is 22.9. The monoisotopic (exact) mass is 454 g/mol. The molecule has 3 aliphatic rings. The number of para-hydroxylation sites is 1. The number of fused-ring (bicyclic) bond motifs is 2. The number of amides is 1. The number of ether oxygens (including phenoxy) is 1. The van der Waals surface area contributed by atoms with Crippen molar-refractivity contribution in [2.24, 2.45) is 11.8 Å². The van der Waals surface area contributed by atoms with Crippen molar-refractivity contribution in [2.75, 3.05) is 31.0 Å². The molecule has 2 aliphatic heterocycles. The first kappa shape index (κ1) is 21.3. The molecule has 2 atom stereocenters. The van der Waals surface area contributed by atoms with Crippen LogP contribution in [0.1, 0.15) is 48.0 Å². The molecule has 1 saturated heterocycles. The molecule has 170 valence electrons. The molecule has 1 aliphatic carbocycles. The maximum absolute atomic E-state index is 13.5. The van der Waals surface area contributed by atoms with Crippen molar-refractivity contribution in [3.63, 3.8) is 0 Å². The van der Waals surface area contributed by atoms with E-state index >= 15 is 0 Å². The average Bonchev–Trinajstić information content (AvgIpc) is 3.28. The highest BCUT2D eigenvalue weighted by Gasteiger charge is 2.35. The van der Waals surface area contributed by atoms with E-state index in [2.05, 4.69) is 0 Å². The molecular formula is C25H30N2O4S. The maximum Gasteiger partial charge on any atom is 0.264 e. The van der Waals surface area contributed by atoms with Gasteiger partial charge >= 0.3 is 0 Å². The summed E-state index contributed by atoms with van der Waals surface area (Å²) >= 11 is 0. The van der Waals surface area contributed by atoms with Gasteiger partial charge in [-0.15, -0.1) is 0 Å². The minimum Gasteiger partial charge on any atom is -0.496 e. The molecule has 2 aromatic rings. The average molecular weight is 455 g/mol. The van der Waals surface area contributed by atoms with Crippen LogP contribution in [0.5, 0.6) is 5.75 Å². The fraction of sp³-hybridized carbons (Fsp3) is 0.480. The van der Waals surface area contributed by atoms with Crippen LogP contribution in [0, 0.1) is 11.8 Å². The number of methoxy groups -OCH3 is 1. The van der Waals surface area contributed by atoms with Gasteiger partial charge in [-0.25, -0.2) is 8.42 Å². The molecule has 0 spiro atoms. The molecule has 0 bridgehead atoms. The number of anilines is 1. The van der Waals surface area contributed by atoms with Gasteiger partial charge < -0.3 is 9.64 Å². The summed E-state index contributed by atoms with van der Waals surface area (Å²) in [6.07, 6.45) is 6.68. The molecule has 32 heavy (non-hydrogen) atoms. The van der Waals surface area contributed by atoms with E-state index < -0.39 is 10.0 Å². The quantitative estimate of drug-likeness (QED) is 0.698. The third-order valence-corrected chi connectivity index (χ3v) is 9.22. The van der Waals surface area contributed by atoms with Crippen molar-refractivity contribution >= 4 is 21.6 Å². The Kier molecular flexibility index (Phi) is 5.61. The smallest absolute Gasteiger partial charge is 0.264 e. The molecule has 1 saturated carbocycles. The minimum absolute atomic E-state index is 0.130. The molecule has 0 unspecified atom stereocenters. The van der Waals surface area contributed by atoms with Crippen molar-refractivity contribution in [3.05, 3.63) is 53.6 Å². The maximum atomic E-state index is 13.5. The van der Waals surface area contributed by atoms with E-state index in [1.165, 1.54) is 43.2 Å². The first-order valence-electron chi connectivity index (χ1n) is 11.6. The minimum atomic E-state index is -3.78. The van der Waals surface area contributed by atoms with Gasteiger partial charge in [0.05, 0.1) is 23.3 Å². The molecule has 0 radical (unpaired) electrons. The van der Waals surface area contributed by atoms with Crippen molar-refractivity contribution < 1.29 is 17.9 Å². The molecule has 0 aromatic heterocycles. The zero-order chi connectivity index (χ0) is 22.3. The van der Waals surface area contributed by atoms with Crippen LogP contribution >= 0.6 is 0 Å². The van der Waals surface area contributed by atoms with Crippen molar-refractivity contribution in [2.45, 2.75) is 43.4 Å². The van der Waals surface area contributed by atoms with Crippen molar-refractivity contribution in [3.8, 4) is 5.75 Å². The summed E-state index contributed by atoms with van der Waals surface area (Å²) in [5, 5.41) is 0. The summed E-state index contributed by atoms with van der Waals surface area (Å²) in [4.78, 5) is 15.5. The molecule has 7 heteroatoms. The van der Waals surface area contributed by atoms with Crippen LogP contribution in [0.25, 0.3) is 0 Å². The molecular weight excluding hydrogens is 424 g/mol. The van der Waals surface area contributed by atoms with E-state index in [4.69, 9.17) is 4.74 Å². The number of hydrogen-bond acceptors (Lipinski definition) is 4. The second kappa shape index (κ2) is 8.43. The van der Waals surface area contributed by atoms with E-state index in [1.54, 1.807) is 12.1 Å². The van der Waals surface area contributed by atoms with Gasteiger partial charge in [-0.2, -0.15) is 0 Å². The Balaban J connectivity index is 1.45. The number of rotatable bonds is 4. The van der Waals surface area contributed by atoms with E-state index in [1.807, 2.05) is 29.2 Å². The predicted octanol–water partition coefficient (Wildman–Crippen LogP) is 4.10. The number of carbonyl (C=O) groups is 1. The first-order chi connectivity index (χ1) is 15.5. The molecule has 2 fully saturated rings. The Morgan fingerprint density at radius 3 is 2.59 bits per heavy atom. The highest BCUT2D eigenvalue weighted by molar-refractivity contribution is 7.92. The van der Waals surface area contributed by atoms with Crippen LogP contribution in [0.15, 0.2) is 47.4 Å². The summed E-state index contributed by atoms with van der Waals surface area (Å²) in [6.45, 7) is 1.88. The van der Waals surface area contributed by atoms with E-state index in [9.17, 15) is 13.2 Å². The molecule has 6 nitrogen and oxygen atoms in total. The van der Waals surface area contributed by atoms with E-state index in [0.29, 0.717) is 30.2 Å². The van der Waals surface area contributed by atoms with Crippen LogP contribution in [-0.2, 0) is 16.4 Å². The number of carbonyl (C=O) groups excluding carboxylic acids is 1. The van der Waals surface area contributed by atoms with Crippen molar-refractivity contribution in [1.82, 2.24) is 4.90 Å². The number of likely N-dealkylation sites (tertiary alicyclic amines) is 1. The Bertz CT molecular complexity index is 1130. The lowest BCUT2D eigenvalue weighted by atomic mass is 9.75. The molecule has 5 rings (SSSR count). The Morgan fingerprint density at radius 2 is 1.78 bits per heavy atom. The third kappa shape index (κ3) is 3.66. The van der Waals surface area contributed by atoms with Crippen LogP contribution < -0.4 is 9.04 Å². The molecule has 2 heterocycles. The Morgan fingerprint density at radius 1 is 1.00 bits per heavy atom. The van der Waals surface area contributed by atoms with Gasteiger partial charge in [0, 0.05) is 19.6 Å². The second-order valence-corrected chi connectivity index (χ2v) is 11.0. The number of sulfonamides is 1. The van der Waals surface area contributed by atoms with Gasteiger partial charge in [-0.3, -0.25) is 9.10 Å². The fourth-order valence-corrected chi connectivity index (χ4v) is 7.19. The Hall–Kier alpha value is -2.54. The van der Waals surface area contributed by atoms with E-state index in [0.717, 1.165) is 36.7 Å². The molecule has 2 aromatic carbocycles. The summed E-state index contributed by atoms with van der Waals surface area (Å²) in [5.41, 5.74) is 2.07. The predicted molar refractivity (Wildman–Crippen MR) is 124 cm³/mol. The lowest BCUT2D eigenvalue weighted by molar-refractivity contribution is 0.0518. The highest BCUT2D eigenvalue weighted by atomic mass is 32.2. The van der Waals surface area contributed by atoms with Crippen molar-refractivity contribution in [1.29, 1.82) is 0 Å². The number of piperidine rings is 1. The van der Waals surface area contributed by atoms with Gasteiger partial charge in [-0.05, 0) is 60.9 Å². The van der Waals surface area contributed by atoms with Crippen LogP contribution in [-0.4, -0.2) is 46.0 Å². The standard InChI is InChI=1S/C25H30N2O4S/c1-31-24-11-10-21(32(29,30)27-15-13-19-7-4-5-9-23(19)27)16-22(24)25(28)26-14-12-18-6-2-3-8-20(18)17-26/h4-5,7,9-11,16,18,20H,2-3,6,8,12-15,17H2,1H3/t18-,20-/m0/s1. The second-order valence-electron chi connectivity index (χ2n) is 9.16. The van der Waals surface area contributed by atoms with Crippen LogP contribution in [0.3, 0.4) is 0 Å². The lowest BCUT2D eigenvalue weighted by Gasteiger charge is -2.41. The summed E-state index contributed by atoms with van der Waals surface area (Å²) in [6, 6.07) is 12.2. The molecule has 0 N–H and O–H groups in total. The van der Waals surface area contributed by atoms with Gasteiger partial charge in [0.15, 0.2) is 0 Å². The zero-order valence-electron chi connectivity index (χ0n) is 18.5. The first-order valence-corrected chi connectivity index (χ1v) is 13.0. The summed E-state index contributed by atoms with van der Waals surface area (Å²) in [5.74, 6) is 1.56. The van der Waals surface area contributed by atoms with E-state index in [-0.39, 0.29) is 10.8 Å². The number of nitrogens with zero attached hydrogens (tertiary/aromatic N) is 2.